The quantitative estimate of drug-likeness (QED) is 0.694. The summed E-state index contributed by atoms with van der Waals surface area (Å²) >= 11 is 0. The highest BCUT2D eigenvalue weighted by Gasteiger charge is 2.23. The first kappa shape index (κ1) is 19.0. The van der Waals surface area contributed by atoms with Crippen LogP contribution >= 0.6 is 0 Å². The van der Waals surface area contributed by atoms with Crippen molar-refractivity contribution in [1.29, 1.82) is 5.26 Å². The van der Waals surface area contributed by atoms with E-state index in [9.17, 15) is 18.8 Å². The van der Waals surface area contributed by atoms with Gasteiger partial charge in [0.05, 0.1) is 17.2 Å². The number of sulfonamides is 1. The summed E-state index contributed by atoms with van der Waals surface area (Å²) in [5, 5.41) is 27.0. The second-order valence-electron chi connectivity index (χ2n) is 6.28. The van der Waals surface area contributed by atoms with E-state index in [2.05, 4.69) is 15.3 Å². The molecular formula is C17H19N5O4S. The van der Waals surface area contributed by atoms with E-state index in [4.69, 9.17) is 9.88 Å². The van der Waals surface area contributed by atoms with Crippen molar-refractivity contribution in [3.8, 4) is 11.9 Å². The molecule has 0 amide bonds. The van der Waals surface area contributed by atoms with Gasteiger partial charge < -0.3 is 15.2 Å². The molecule has 0 spiro atoms. The molecule has 2 atom stereocenters. The van der Waals surface area contributed by atoms with E-state index in [0.717, 1.165) is 19.3 Å². The van der Waals surface area contributed by atoms with Gasteiger partial charge in [-0.1, -0.05) is 0 Å². The number of aliphatic hydroxyl groups excluding tert-OH is 1. The molecule has 3 rings (SSSR count). The van der Waals surface area contributed by atoms with Crippen molar-refractivity contribution in [3.05, 3.63) is 36.0 Å². The predicted molar refractivity (Wildman–Crippen MR) is 96.7 cm³/mol. The number of hydrogen-bond acceptors (Lipinski definition) is 8. The van der Waals surface area contributed by atoms with E-state index in [1.807, 2.05) is 6.07 Å². The Labute approximate surface area is 156 Å². The summed E-state index contributed by atoms with van der Waals surface area (Å²) in [5.74, 6) is 0.346. The van der Waals surface area contributed by atoms with Crippen LogP contribution in [0, 0.1) is 11.3 Å². The Morgan fingerprint density at radius 2 is 2.04 bits per heavy atom. The second-order valence-corrected chi connectivity index (χ2v) is 7.84. The standard InChI is InChI=1S/C17H19N5O4S/c18-9-11-10-20-17(21-12-4-6-15(7-5-12)27(19,24)25)22-16(11)26-14-3-1-2-13(23)8-14/h4-7,10,13-14,23H,1-3,8H2,(H2,19,24,25)(H,20,21,22)/t13-,14-/m0/s1. The monoisotopic (exact) mass is 389 g/mol. The normalized spacial score (nSPS) is 19.9. The van der Waals surface area contributed by atoms with Crippen LogP contribution in [-0.2, 0) is 10.0 Å². The number of benzene rings is 1. The molecule has 0 radical (unpaired) electrons. The van der Waals surface area contributed by atoms with E-state index in [1.165, 1.54) is 30.5 Å². The zero-order valence-electron chi connectivity index (χ0n) is 14.4. The Morgan fingerprint density at radius 3 is 2.67 bits per heavy atom. The number of nitrogens with one attached hydrogen (secondary N) is 1. The molecule has 0 unspecified atom stereocenters. The van der Waals surface area contributed by atoms with Gasteiger partial charge in [0.2, 0.25) is 21.9 Å². The predicted octanol–water partition coefficient (Wildman–Crippen LogP) is 1.42. The molecule has 1 aliphatic rings. The zero-order valence-corrected chi connectivity index (χ0v) is 15.2. The fourth-order valence-electron chi connectivity index (χ4n) is 2.84. The Hall–Kier alpha value is -2.74. The molecular weight excluding hydrogens is 370 g/mol. The fourth-order valence-corrected chi connectivity index (χ4v) is 3.35. The molecule has 10 heteroatoms. The zero-order chi connectivity index (χ0) is 19.4. The highest BCUT2D eigenvalue weighted by Crippen LogP contribution is 2.26. The molecule has 1 aromatic heterocycles. The van der Waals surface area contributed by atoms with Gasteiger partial charge in [-0.2, -0.15) is 10.2 Å². The minimum absolute atomic E-state index is 0.00586. The smallest absolute Gasteiger partial charge is 0.238 e. The van der Waals surface area contributed by atoms with Gasteiger partial charge in [0.25, 0.3) is 0 Å². The second kappa shape index (κ2) is 7.87. The lowest BCUT2D eigenvalue weighted by molar-refractivity contribution is 0.0512. The number of nitrogens with two attached hydrogens (primary N) is 1. The first-order valence-electron chi connectivity index (χ1n) is 8.37. The van der Waals surface area contributed by atoms with Gasteiger partial charge in [-0.05, 0) is 43.5 Å². The Balaban J connectivity index is 1.77. The Bertz CT molecular complexity index is 956. The van der Waals surface area contributed by atoms with Crippen molar-refractivity contribution >= 4 is 21.7 Å². The van der Waals surface area contributed by atoms with Crippen LogP contribution in [0.1, 0.15) is 31.2 Å². The number of aliphatic hydroxyl groups is 1. The number of anilines is 2. The van der Waals surface area contributed by atoms with Crippen LogP contribution in [-0.4, -0.2) is 35.7 Å². The summed E-state index contributed by atoms with van der Waals surface area (Å²) in [6.07, 6.45) is 3.60. The van der Waals surface area contributed by atoms with E-state index >= 15 is 0 Å². The number of rotatable bonds is 5. The number of nitrogens with zero attached hydrogens (tertiary/aromatic N) is 3. The van der Waals surface area contributed by atoms with Crippen LogP contribution < -0.4 is 15.2 Å². The SMILES string of the molecule is N#Cc1cnc(Nc2ccc(S(N)(=O)=O)cc2)nc1O[C@H]1CCC[C@H](O)C1. The van der Waals surface area contributed by atoms with Crippen LogP contribution in [0.15, 0.2) is 35.4 Å². The number of aromatic nitrogens is 2. The topological polar surface area (TPSA) is 151 Å². The van der Waals surface area contributed by atoms with Crippen molar-refractivity contribution in [1.82, 2.24) is 9.97 Å². The summed E-state index contributed by atoms with van der Waals surface area (Å²) in [4.78, 5) is 8.30. The van der Waals surface area contributed by atoms with Gasteiger partial charge in [0.15, 0.2) is 0 Å². The molecule has 1 heterocycles. The molecule has 9 nitrogen and oxygen atoms in total. The van der Waals surface area contributed by atoms with Crippen molar-refractivity contribution in [2.75, 3.05) is 5.32 Å². The maximum absolute atomic E-state index is 11.3. The minimum Gasteiger partial charge on any atom is -0.473 e. The molecule has 0 saturated heterocycles. The molecule has 0 aliphatic heterocycles. The highest BCUT2D eigenvalue weighted by atomic mass is 32.2. The molecule has 142 valence electrons. The minimum atomic E-state index is -3.76. The van der Waals surface area contributed by atoms with Crippen LogP contribution in [0.25, 0.3) is 0 Å². The summed E-state index contributed by atoms with van der Waals surface area (Å²) < 4.78 is 28.4. The Morgan fingerprint density at radius 1 is 1.30 bits per heavy atom. The fraction of sp³-hybridized carbons (Fsp3) is 0.353. The summed E-state index contributed by atoms with van der Waals surface area (Å²) in [6.45, 7) is 0. The average molecular weight is 389 g/mol. The number of hydrogen-bond donors (Lipinski definition) is 3. The van der Waals surface area contributed by atoms with Crippen molar-refractivity contribution < 1.29 is 18.3 Å². The summed E-state index contributed by atoms with van der Waals surface area (Å²) in [7, 11) is -3.76. The van der Waals surface area contributed by atoms with Crippen molar-refractivity contribution in [2.24, 2.45) is 5.14 Å². The van der Waals surface area contributed by atoms with E-state index < -0.39 is 16.1 Å². The molecule has 1 fully saturated rings. The Kier molecular flexibility index (Phi) is 5.55. The average Bonchev–Trinajstić information content (AvgIpc) is 2.62. The van der Waals surface area contributed by atoms with Gasteiger partial charge in [0.1, 0.15) is 17.7 Å². The summed E-state index contributed by atoms with van der Waals surface area (Å²) in [6, 6.07) is 7.77. The third kappa shape index (κ3) is 4.91. The van der Waals surface area contributed by atoms with Crippen LogP contribution in [0.5, 0.6) is 5.88 Å². The highest BCUT2D eigenvalue weighted by molar-refractivity contribution is 7.89. The molecule has 0 bridgehead atoms. The van der Waals surface area contributed by atoms with Crippen molar-refractivity contribution in [2.45, 2.75) is 42.8 Å². The first-order chi connectivity index (χ1) is 12.8. The third-order valence-electron chi connectivity index (χ3n) is 4.19. The molecule has 1 aliphatic carbocycles. The van der Waals surface area contributed by atoms with Crippen LogP contribution in [0.2, 0.25) is 0 Å². The van der Waals surface area contributed by atoms with E-state index in [0.29, 0.717) is 12.1 Å². The first-order valence-corrected chi connectivity index (χ1v) is 9.91. The maximum Gasteiger partial charge on any atom is 0.238 e. The van der Waals surface area contributed by atoms with Crippen LogP contribution in [0.3, 0.4) is 0 Å². The van der Waals surface area contributed by atoms with E-state index in [1.54, 1.807) is 0 Å². The molecule has 1 aromatic carbocycles. The number of nitriles is 1. The lowest BCUT2D eigenvalue weighted by Crippen LogP contribution is -2.28. The van der Waals surface area contributed by atoms with Crippen molar-refractivity contribution in [3.63, 3.8) is 0 Å². The largest absolute Gasteiger partial charge is 0.473 e. The van der Waals surface area contributed by atoms with Gasteiger partial charge in [0, 0.05) is 12.1 Å². The number of primary sulfonamides is 1. The molecule has 27 heavy (non-hydrogen) atoms. The van der Waals surface area contributed by atoms with Gasteiger partial charge >= 0.3 is 0 Å². The molecule has 4 N–H and O–H groups in total. The van der Waals surface area contributed by atoms with Gasteiger partial charge in [-0.15, -0.1) is 0 Å². The number of ether oxygens (including phenoxy) is 1. The molecule has 2 aromatic rings. The maximum atomic E-state index is 11.3. The van der Waals surface area contributed by atoms with Gasteiger partial charge in [-0.25, -0.2) is 18.5 Å². The molecule has 1 saturated carbocycles. The van der Waals surface area contributed by atoms with Crippen LogP contribution in [0.4, 0.5) is 11.6 Å². The van der Waals surface area contributed by atoms with E-state index in [-0.39, 0.29) is 28.4 Å². The third-order valence-corrected chi connectivity index (χ3v) is 5.12. The lowest BCUT2D eigenvalue weighted by atomic mass is 9.95. The lowest BCUT2D eigenvalue weighted by Gasteiger charge is -2.26. The van der Waals surface area contributed by atoms with Gasteiger partial charge in [-0.3, -0.25) is 0 Å². The summed E-state index contributed by atoms with van der Waals surface area (Å²) in [5.41, 5.74) is 0.747.